The SMILES string of the molecule is CC1=C(C(=N)N)CN(N)C(Nc2cccc3c2CCC3)=C1Cl. The van der Waals surface area contributed by atoms with Gasteiger partial charge in [0.1, 0.15) is 11.7 Å². The number of anilines is 1. The topological polar surface area (TPSA) is 91.2 Å². The monoisotopic (exact) mass is 317 g/mol. The average Bonchev–Trinajstić information content (AvgIpc) is 2.96. The third-order valence-electron chi connectivity index (χ3n) is 4.33. The number of aryl methyl sites for hydroxylation is 1. The molecule has 116 valence electrons. The zero-order chi connectivity index (χ0) is 15.9. The van der Waals surface area contributed by atoms with Crippen molar-refractivity contribution >= 4 is 23.1 Å². The highest BCUT2D eigenvalue weighted by molar-refractivity contribution is 6.33. The first kappa shape index (κ1) is 14.9. The normalized spacial score (nSPS) is 17.9. The van der Waals surface area contributed by atoms with Crippen molar-refractivity contribution in [2.24, 2.45) is 11.6 Å². The highest BCUT2D eigenvalue weighted by Crippen LogP contribution is 2.33. The molecule has 6 heteroatoms. The Balaban J connectivity index is 1.98. The van der Waals surface area contributed by atoms with E-state index in [2.05, 4.69) is 17.4 Å². The Bertz CT molecular complexity index is 704. The van der Waals surface area contributed by atoms with Crippen molar-refractivity contribution in [1.29, 1.82) is 5.41 Å². The van der Waals surface area contributed by atoms with Crippen molar-refractivity contribution in [3.05, 3.63) is 51.3 Å². The van der Waals surface area contributed by atoms with Gasteiger partial charge in [0.05, 0.1) is 11.6 Å². The van der Waals surface area contributed by atoms with Gasteiger partial charge in [0.25, 0.3) is 0 Å². The molecule has 0 bridgehead atoms. The number of hydrogen-bond donors (Lipinski definition) is 4. The third-order valence-corrected chi connectivity index (χ3v) is 4.79. The van der Waals surface area contributed by atoms with Gasteiger partial charge in [-0.25, -0.2) is 5.84 Å². The van der Waals surface area contributed by atoms with Crippen LogP contribution >= 0.6 is 11.6 Å². The van der Waals surface area contributed by atoms with E-state index < -0.39 is 0 Å². The molecular formula is C16H20ClN5. The average molecular weight is 318 g/mol. The van der Waals surface area contributed by atoms with Gasteiger partial charge in [-0.15, -0.1) is 0 Å². The zero-order valence-electron chi connectivity index (χ0n) is 12.5. The van der Waals surface area contributed by atoms with E-state index in [1.54, 1.807) is 0 Å². The molecule has 1 aliphatic carbocycles. The Labute approximate surface area is 135 Å². The molecule has 0 saturated heterocycles. The number of fused-ring (bicyclic) bond motifs is 1. The van der Waals surface area contributed by atoms with E-state index in [1.807, 2.05) is 13.0 Å². The molecule has 0 unspecified atom stereocenters. The summed E-state index contributed by atoms with van der Waals surface area (Å²) in [5.41, 5.74) is 10.8. The molecule has 0 aromatic heterocycles. The number of benzene rings is 1. The van der Waals surface area contributed by atoms with Gasteiger partial charge in [-0.2, -0.15) is 0 Å². The van der Waals surface area contributed by atoms with Crippen molar-refractivity contribution < 1.29 is 0 Å². The first-order valence-electron chi connectivity index (χ1n) is 7.33. The largest absolute Gasteiger partial charge is 0.384 e. The van der Waals surface area contributed by atoms with Crippen LogP contribution in [0, 0.1) is 5.41 Å². The molecule has 0 amide bonds. The summed E-state index contributed by atoms with van der Waals surface area (Å²) in [6, 6.07) is 6.27. The molecule has 1 heterocycles. The summed E-state index contributed by atoms with van der Waals surface area (Å²) in [6.07, 6.45) is 3.37. The first-order chi connectivity index (χ1) is 10.5. The Kier molecular flexibility index (Phi) is 3.85. The fourth-order valence-corrected chi connectivity index (χ4v) is 3.35. The molecule has 1 aliphatic heterocycles. The minimum atomic E-state index is 0.00533. The quantitative estimate of drug-likeness (QED) is 0.391. The summed E-state index contributed by atoms with van der Waals surface area (Å²) >= 11 is 6.45. The number of halogens is 1. The molecule has 0 spiro atoms. The second kappa shape index (κ2) is 5.66. The number of amidine groups is 1. The van der Waals surface area contributed by atoms with E-state index in [4.69, 9.17) is 28.6 Å². The number of nitrogens with two attached hydrogens (primary N) is 2. The van der Waals surface area contributed by atoms with Crippen LogP contribution in [0.25, 0.3) is 0 Å². The summed E-state index contributed by atoms with van der Waals surface area (Å²) in [5, 5.41) is 13.0. The molecule has 1 aromatic rings. The highest BCUT2D eigenvalue weighted by atomic mass is 35.5. The van der Waals surface area contributed by atoms with Crippen LogP contribution in [0.3, 0.4) is 0 Å². The number of rotatable bonds is 3. The maximum absolute atomic E-state index is 7.62. The predicted molar refractivity (Wildman–Crippen MR) is 90.5 cm³/mol. The maximum atomic E-state index is 7.62. The third kappa shape index (κ3) is 2.46. The number of nitrogens with zero attached hydrogens (tertiary/aromatic N) is 1. The van der Waals surface area contributed by atoms with Crippen molar-refractivity contribution in [2.45, 2.75) is 26.2 Å². The molecule has 1 aromatic carbocycles. The second-order valence-corrected chi connectivity index (χ2v) is 6.11. The second-order valence-electron chi connectivity index (χ2n) is 5.73. The Morgan fingerprint density at radius 2 is 2.14 bits per heavy atom. The van der Waals surface area contributed by atoms with Gasteiger partial charge < -0.3 is 11.1 Å². The van der Waals surface area contributed by atoms with E-state index in [0.717, 1.165) is 24.1 Å². The van der Waals surface area contributed by atoms with Gasteiger partial charge in [0.15, 0.2) is 0 Å². The van der Waals surface area contributed by atoms with Crippen molar-refractivity contribution in [2.75, 3.05) is 11.9 Å². The first-order valence-corrected chi connectivity index (χ1v) is 7.71. The number of nitrogens with one attached hydrogen (secondary N) is 2. The van der Waals surface area contributed by atoms with Gasteiger partial charge in [-0.3, -0.25) is 10.4 Å². The number of hydrogen-bond acceptors (Lipinski definition) is 4. The van der Waals surface area contributed by atoms with Crippen LogP contribution in [-0.4, -0.2) is 17.4 Å². The van der Waals surface area contributed by atoms with Gasteiger partial charge in [0, 0.05) is 11.3 Å². The standard InChI is InChI=1S/C16H20ClN5/c1-9-12(15(18)19)8-22(20)16(14(9)17)21-13-7-3-5-10-4-2-6-11(10)13/h3,5,7,21H,2,4,6,8,20H2,1H3,(H3,18,19). The molecule has 0 fully saturated rings. The van der Waals surface area contributed by atoms with Crippen LogP contribution in [0.2, 0.25) is 0 Å². The van der Waals surface area contributed by atoms with Crippen molar-refractivity contribution in [1.82, 2.24) is 5.01 Å². The molecule has 3 rings (SSSR count). The highest BCUT2D eigenvalue weighted by Gasteiger charge is 2.25. The summed E-state index contributed by atoms with van der Waals surface area (Å²) in [6.45, 7) is 2.23. The fourth-order valence-electron chi connectivity index (χ4n) is 3.08. The van der Waals surface area contributed by atoms with E-state index in [9.17, 15) is 0 Å². The maximum Gasteiger partial charge on any atom is 0.140 e. The summed E-state index contributed by atoms with van der Waals surface area (Å²) in [7, 11) is 0. The minimum absolute atomic E-state index is 0.00533. The smallest absolute Gasteiger partial charge is 0.140 e. The molecular weight excluding hydrogens is 298 g/mol. The molecule has 0 saturated carbocycles. The lowest BCUT2D eigenvalue weighted by Gasteiger charge is -2.31. The Morgan fingerprint density at radius 3 is 2.86 bits per heavy atom. The van der Waals surface area contributed by atoms with Crippen LogP contribution in [-0.2, 0) is 12.8 Å². The van der Waals surface area contributed by atoms with Crippen molar-refractivity contribution in [3.63, 3.8) is 0 Å². The lowest BCUT2D eigenvalue weighted by atomic mass is 10.0. The van der Waals surface area contributed by atoms with Gasteiger partial charge in [0.2, 0.25) is 0 Å². The van der Waals surface area contributed by atoms with E-state index >= 15 is 0 Å². The molecule has 2 aliphatic rings. The Morgan fingerprint density at radius 1 is 1.36 bits per heavy atom. The molecule has 22 heavy (non-hydrogen) atoms. The summed E-state index contributed by atoms with van der Waals surface area (Å²) < 4.78 is 0. The molecule has 0 atom stereocenters. The van der Waals surface area contributed by atoms with Gasteiger partial charge in [-0.05, 0) is 49.0 Å². The van der Waals surface area contributed by atoms with Gasteiger partial charge in [-0.1, -0.05) is 23.7 Å². The van der Waals surface area contributed by atoms with Crippen LogP contribution in [0.5, 0.6) is 0 Å². The van der Waals surface area contributed by atoms with Crippen LogP contribution in [0.15, 0.2) is 40.2 Å². The number of allylic oxidation sites excluding steroid dienone is 2. The summed E-state index contributed by atoms with van der Waals surface area (Å²) in [4.78, 5) is 0. The molecule has 5 nitrogen and oxygen atoms in total. The van der Waals surface area contributed by atoms with Crippen LogP contribution in [0.4, 0.5) is 5.69 Å². The fraction of sp³-hybridized carbons (Fsp3) is 0.312. The molecule has 6 N–H and O–H groups in total. The van der Waals surface area contributed by atoms with E-state index in [1.165, 1.54) is 22.6 Å². The lowest BCUT2D eigenvalue weighted by Crippen LogP contribution is -2.41. The van der Waals surface area contributed by atoms with Gasteiger partial charge >= 0.3 is 0 Å². The predicted octanol–water partition coefficient (Wildman–Crippen LogP) is 2.44. The lowest BCUT2D eigenvalue weighted by molar-refractivity contribution is 0.390. The van der Waals surface area contributed by atoms with E-state index in [-0.39, 0.29) is 5.84 Å². The van der Waals surface area contributed by atoms with Crippen LogP contribution in [0.1, 0.15) is 24.5 Å². The van der Waals surface area contributed by atoms with Crippen LogP contribution < -0.4 is 16.9 Å². The molecule has 0 radical (unpaired) electrons. The van der Waals surface area contributed by atoms with E-state index in [0.29, 0.717) is 23.0 Å². The van der Waals surface area contributed by atoms with Crippen molar-refractivity contribution in [3.8, 4) is 0 Å². The zero-order valence-corrected chi connectivity index (χ0v) is 13.3. The summed E-state index contributed by atoms with van der Waals surface area (Å²) in [5.74, 6) is 6.76. The Hall–Kier alpha value is -1.98. The minimum Gasteiger partial charge on any atom is -0.384 e. The number of hydrazine groups is 1.